The molecule has 0 saturated heterocycles. The quantitative estimate of drug-likeness (QED) is 0.157. The molecule has 0 radical (unpaired) electrons. The lowest BCUT2D eigenvalue weighted by Gasteiger charge is -2.36. The number of nitrogens with two attached hydrogens (primary N) is 1. The number of allylic oxidation sites excluding steroid dienone is 2. The van der Waals surface area contributed by atoms with Crippen LogP contribution in [0.25, 0.3) is 11.3 Å². The van der Waals surface area contributed by atoms with Crippen LogP contribution < -0.4 is 16.4 Å². The van der Waals surface area contributed by atoms with Crippen molar-refractivity contribution in [1.82, 2.24) is 20.1 Å². The average Bonchev–Trinajstić information content (AvgIpc) is 3.70. The Bertz CT molecular complexity index is 1590. The van der Waals surface area contributed by atoms with Crippen molar-refractivity contribution in [2.24, 2.45) is 12.8 Å². The first kappa shape index (κ1) is 30.9. The van der Waals surface area contributed by atoms with Crippen LogP contribution in [0.5, 0.6) is 0 Å². The lowest BCUT2D eigenvalue weighted by atomic mass is 9.93. The molecule has 0 atom stereocenters. The molecule has 2 aromatic heterocycles. The number of anilines is 1. The lowest BCUT2D eigenvalue weighted by molar-refractivity contribution is -0.114. The molecule has 1 aliphatic rings. The molecule has 42 heavy (non-hydrogen) atoms. The summed E-state index contributed by atoms with van der Waals surface area (Å²) in [5.41, 5.74) is 11.7. The van der Waals surface area contributed by atoms with Gasteiger partial charge in [0.1, 0.15) is 0 Å². The Kier molecular flexibility index (Phi) is 9.14. The highest BCUT2D eigenvalue weighted by Gasteiger charge is 2.37. The van der Waals surface area contributed by atoms with Gasteiger partial charge in [-0.15, -0.1) is 11.3 Å². The molecule has 1 aliphatic heterocycles. The van der Waals surface area contributed by atoms with Crippen molar-refractivity contribution < 1.29 is 14.0 Å². The van der Waals surface area contributed by atoms with Crippen molar-refractivity contribution >= 4 is 48.4 Å². The van der Waals surface area contributed by atoms with Crippen LogP contribution in [-0.2, 0) is 22.9 Å². The van der Waals surface area contributed by atoms with Gasteiger partial charge < -0.3 is 20.8 Å². The third-order valence-electron chi connectivity index (χ3n) is 7.64. The summed E-state index contributed by atoms with van der Waals surface area (Å²) in [5.74, 6) is -0.887. The van der Waals surface area contributed by atoms with E-state index in [9.17, 15) is 9.59 Å². The molecule has 3 aromatic rings. The number of nitrogens with one attached hydrogen (secondary N) is 2. The van der Waals surface area contributed by atoms with E-state index in [1.165, 1.54) is 11.3 Å². The second-order valence-corrected chi connectivity index (χ2v) is 17.4. The number of carbonyl (C=O) groups excluding carboxylic acids is 2. The molecule has 2 amide bonds. The predicted molar refractivity (Wildman–Crippen MR) is 172 cm³/mol. The second kappa shape index (κ2) is 12.4. The summed E-state index contributed by atoms with van der Waals surface area (Å²) in [6, 6.07) is 5.77. The molecular weight excluding hydrogens is 565 g/mol. The predicted octanol–water partition coefficient (Wildman–Crippen LogP) is 5.65. The molecule has 0 unspecified atom stereocenters. The van der Waals surface area contributed by atoms with Gasteiger partial charge in [0.15, 0.2) is 13.3 Å². The number of amides is 2. The number of rotatable bonds is 10. The number of benzene rings is 1. The van der Waals surface area contributed by atoms with Gasteiger partial charge in [0.25, 0.3) is 5.91 Å². The highest BCUT2D eigenvalue weighted by molar-refractivity contribution is 7.11. The van der Waals surface area contributed by atoms with E-state index in [0.29, 0.717) is 17.2 Å². The summed E-state index contributed by atoms with van der Waals surface area (Å²) in [7, 11) is -0.288. The van der Waals surface area contributed by atoms with Crippen LogP contribution in [0.4, 0.5) is 5.69 Å². The summed E-state index contributed by atoms with van der Waals surface area (Å²) < 4.78 is 8.45. The number of thiazole rings is 1. The van der Waals surface area contributed by atoms with Crippen LogP contribution in [0.3, 0.4) is 0 Å². The summed E-state index contributed by atoms with van der Waals surface area (Å²) in [5, 5.41) is 12.9. The number of aryl methyl sites for hydroxylation is 1. The van der Waals surface area contributed by atoms with Gasteiger partial charge in [0, 0.05) is 59.5 Å². The van der Waals surface area contributed by atoms with Crippen LogP contribution in [-0.4, -0.2) is 41.4 Å². The Balaban J connectivity index is 1.87. The first-order valence-electron chi connectivity index (χ1n) is 13.6. The number of hydrogen-bond acceptors (Lipinski definition) is 7. The number of carbonyl (C=O) groups is 2. The maximum Gasteiger partial charge on any atom is 0.284 e. The number of primary amides is 1. The normalized spacial score (nSPS) is 15.0. The molecule has 4 rings (SSSR count). The maximum atomic E-state index is 13.1. The molecule has 1 aromatic carbocycles. The SMILES string of the molecule is C=C(/C=C\C(=C1\C=C(c2cnn(C)c2)NC1)c1cccc(NC(=O)c2nccs2)c1CO[Si](C)(C)C(C)(C)C)C(N)=O. The summed E-state index contributed by atoms with van der Waals surface area (Å²) in [6.07, 6.45) is 10.9. The van der Waals surface area contributed by atoms with Crippen LogP contribution in [0.2, 0.25) is 18.1 Å². The molecule has 220 valence electrons. The Morgan fingerprint density at radius 2 is 2.05 bits per heavy atom. The zero-order valence-electron chi connectivity index (χ0n) is 24.9. The van der Waals surface area contributed by atoms with E-state index in [0.717, 1.165) is 33.5 Å². The van der Waals surface area contributed by atoms with Crippen molar-refractivity contribution in [2.75, 3.05) is 11.9 Å². The van der Waals surface area contributed by atoms with Gasteiger partial charge in [-0.2, -0.15) is 5.10 Å². The van der Waals surface area contributed by atoms with Gasteiger partial charge in [-0.1, -0.05) is 45.6 Å². The topological polar surface area (TPSA) is 124 Å². The summed E-state index contributed by atoms with van der Waals surface area (Å²) in [6.45, 7) is 15.6. The van der Waals surface area contributed by atoms with Gasteiger partial charge in [0.2, 0.25) is 5.91 Å². The van der Waals surface area contributed by atoms with E-state index in [1.54, 1.807) is 28.5 Å². The molecule has 0 spiro atoms. The van der Waals surface area contributed by atoms with Crippen molar-refractivity contribution in [3.63, 3.8) is 0 Å². The van der Waals surface area contributed by atoms with Crippen molar-refractivity contribution in [3.05, 3.63) is 99.8 Å². The summed E-state index contributed by atoms with van der Waals surface area (Å²) in [4.78, 5) is 29.1. The first-order valence-corrected chi connectivity index (χ1v) is 17.4. The van der Waals surface area contributed by atoms with Crippen molar-refractivity contribution in [3.8, 4) is 0 Å². The Labute approximate surface area is 252 Å². The molecule has 0 fully saturated rings. The zero-order chi connectivity index (χ0) is 30.7. The van der Waals surface area contributed by atoms with E-state index in [2.05, 4.69) is 67.2 Å². The minimum Gasteiger partial charge on any atom is -0.412 e. The summed E-state index contributed by atoms with van der Waals surface area (Å²) >= 11 is 1.28. The molecule has 0 bridgehead atoms. The minimum absolute atomic E-state index is 0.0105. The number of aromatic nitrogens is 3. The fourth-order valence-electron chi connectivity index (χ4n) is 4.11. The molecule has 0 saturated carbocycles. The molecule has 0 aliphatic carbocycles. The second-order valence-electron chi connectivity index (χ2n) is 11.6. The molecule has 11 heteroatoms. The zero-order valence-corrected chi connectivity index (χ0v) is 26.8. The van der Waals surface area contributed by atoms with Crippen LogP contribution in [0.15, 0.2) is 78.1 Å². The standard InChI is InChI=1S/C31H38N6O3SSi/c1-20(28(32)38)11-12-23(21-15-27(34-16-21)22-17-35-37(5)18-22)24-9-8-10-26(36-29(39)30-33-13-14-41-30)25(24)19-40-42(6,7)31(2,3)4/h8-15,17-18,34H,1,16,19H2,2-7H3,(H2,32,38)(H,36,39)/b12-11-,23-21+. The largest absolute Gasteiger partial charge is 0.412 e. The van der Waals surface area contributed by atoms with Gasteiger partial charge >= 0.3 is 0 Å². The average molecular weight is 603 g/mol. The van der Waals surface area contributed by atoms with Crippen LogP contribution in [0, 0.1) is 0 Å². The first-order chi connectivity index (χ1) is 19.8. The van der Waals surface area contributed by atoms with Gasteiger partial charge in [0.05, 0.1) is 12.8 Å². The van der Waals surface area contributed by atoms with Crippen LogP contribution >= 0.6 is 11.3 Å². The highest BCUT2D eigenvalue weighted by atomic mass is 32.1. The molecular formula is C31H38N6O3SSi. The van der Waals surface area contributed by atoms with E-state index in [4.69, 9.17) is 10.2 Å². The van der Waals surface area contributed by atoms with Crippen LogP contribution in [0.1, 0.15) is 47.3 Å². The lowest BCUT2D eigenvalue weighted by Crippen LogP contribution is -2.40. The van der Waals surface area contributed by atoms with E-state index in [1.807, 2.05) is 37.5 Å². The number of nitrogens with zero attached hydrogens (tertiary/aromatic N) is 3. The monoisotopic (exact) mass is 602 g/mol. The van der Waals surface area contributed by atoms with Gasteiger partial charge in [-0.25, -0.2) is 4.98 Å². The highest BCUT2D eigenvalue weighted by Crippen LogP contribution is 2.39. The van der Waals surface area contributed by atoms with Gasteiger partial charge in [-0.05, 0) is 53.1 Å². The third-order valence-corrected chi connectivity index (χ3v) is 12.9. The fourth-order valence-corrected chi connectivity index (χ4v) is 5.58. The Morgan fingerprint density at radius 1 is 1.29 bits per heavy atom. The Morgan fingerprint density at radius 3 is 2.67 bits per heavy atom. The van der Waals surface area contributed by atoms with Crippen molar-refractivity contribution in [1.29, 1.82) is 0 Å². The van der Waals surface area contributed by atoms with E-state index < -0.39 is 14.2 Å². The number of hydrogen-bond donors (Lipinski definition) is 3. The molecule has 3 heterocycles. The fraction of sp³-hybridized carbons (Fsp3) is 0.290. The van der Waals surface area contributed by atoms with E-state index >= 15 is 0 Å². The van der Waals surface area contributed by atoms with Gasteiger partial charge in [-0.3, -0.25) is 14.3 Å². The van der Waals surface area contributed by atoms with E-state index in [-0.39, 0.29) is 23.1 Å². The molecule has 4 N–H and O–H groups in total. The smallest absolute Gasteiger partial charge is 0.284 e. The molecule has 9 nitrogen and oxygen atoms in total. The van der Waals surface area contributed by atoms with Crippen molar-refractivity contribution in [2.45, 2.75) is 45.5 Å². The third kappa shape index (κ3) is 7.04. The maximum absolute atomic E-state index is 13.1. The minimum atomic E-state index is -2.16. The Hall–Kier alpha value is -4.06.